The van der Waals surface area contributed by atoms with Crippen molar-refractivity contribution >= 4 is 11.6 Å². The average Bonchev–Trinajstić information content (AvgIpc) is 2.31. The molecule has 0 fully saturated rings. The highest BCUT2D eigenvalue weighted by atomic mass is 19.4. The van der Waals surface area contributed by atoms with E-state index in [9.17, 15) is 13.2 Å². The molecule has 0 radical (unpaired) electrons. The summed E-state index contributed by atoms with van der Waals surface area (Å²) in [5.74, 6) is -1.37. The summed E-state index contributed by atoms with van der Waals surface area (Å²) in [6.07, 6.45) is -2.84. The Morgan fingerprint density at radius 1 is 1.30 bits per heavy atom. The van der Waals surface area contributed by atoms with E-state index in [0.29, 0.717) is 13.2 Å². The van der Waals surface area contributed by atoms with Crippen LogP contribution in [0.4, 0.5) is 24.8 Å². The van der Waals surface area contributed by atoms with E-state index in [4.69, 9.17) is 10.5 Å². The van der Waals surface area contributed by atoms with E-state index in [-0.39, 0.29) is 17.7 Å². The molecule has 1 rings (SSSR count). The molecule has 5 nitrogen and oxygen atoms in total. The van der Waals surface area contributed by atoms with E-state index < -0.39 is 12.0 Å². The van der Waals surface area contributed by atoms with Crippen LogP contribution in [0.5, 0.6) is 0 Å². The van der Waals surface area contributed by atoms with Gasteiger partial charge in [0.25, 0.3) is 0 Å². The van der Waals surface area contributed by atoms with Crippen molar-refractivity contribution in [3.8, 4) is 0 Å². The van der Waals surface area contributed by atoms with Gasteiger partial charge in [0.2, 0.25) is 5.82 Å². The van der Waals surface area contributed by atoms with Gasteiger partial charge in [-0.15, -0.1) is 0 Å². The summed E-state index contributed by atoms with van der Waals surface area (Å²) >= 11 is 0. The first-order chi connectivity index (χ1) is 9.29. The molecule has 0 unspecified atom stereocenters. The number of alkyl halides is 3. The number of rotatable bonds is 7. The highest BCUT2D eigenvalue weighted by Gasteiger charge is 2.35. The van der Waals surface area contributed by atoms with Gasteiger partial charge in [-0.05, 0) is 26.7 Å². The van der Waals surface area contributed by atoms with E-state index in [0.717, 1.165) is 12.8 Å². The topological polar surface area (TPSA) is 73.1 Å². The number of nitrogens with one attached hydrogen (secondary N) is 1. The Morgan fingerprint density at radius 2 is 2.00 bits per heavy atom. The second-order valence-corrected chi connectivity index (χ2v) is 4.55. The van der Waals surface area contributed by atoms with Crippen molar-refractivity contribution in [2.45, 2.75) is 39.0 Å². The fourth-order valence-electron chi connectivity index (χ4n) is 1.45. The monoisotopic (exact) mass is 292 g/mol. The molecular weight excluding hydrogens is 273 g/mol. The molecule has 0 atom stereocenters. The molecule has 0 aliphatic carbocycles. The van der Waals surface area contributed by atoms with Gasteiger partial charge in [-0.25, -0.2) is 9.97 Å². The number of halogens is 3. The summed E-state index contributed by atoms with van der Waals surface area (Å²) in [7, 11) is 0. The molecule has 3 N–H and O–H groups in total. The summed E-state index contributed by atoms with van der Waals surface area (Å²) in [5.41, 5.74) is 5.33. The molecule has 0 amide bonds. The van der Waals surface area contributed by atoms with Crippen molar-refractivity contribution in [1.82, 2.24) is 9.97 Å². The van der Waals surface area contributed by atoms with Crippen LogP contribution < -0.4 is 11.1 Å². The fraction of sp³-hybridized carbons (Fsp3) is 0.667. The van der Waals surface area contributed by atoms with Crippen molar-refractivity contribution in [2.75, 3.05) is 24.2 Å². The highest BCUT2D eigenvalue weighted by Crippen LogP contribution is 2.27. The quantitative estimate of drug-likeness (QED) is 0.756. The van der Waals surface area contributed by atoms with E-state index in [1.165, 1.54) is 6.07 Å². The number of nitrogen functional groups attached to an aromatic ring is 1. The van der Waals surface area contributed by atoms with Gasteiger partial charge in [0.15, 0.2) is 0 Å². The number of aromatic nitrogens is 2. The number of anilines is 2. The zero-order valence-corrected chi connectivity index (χ0v) is 11.5. The first kappa shape index (κ1) is 16.5. The molecule has 8 heteroatoms. The van der Waals surface area contributed by atoms with Crippen LogP contribution >= 0.6 is 0 Å². The van der Waals surface area contributed by atoms with Crippen molar-refractivity contribution in [3.05, 3.63) is 11.9 Å². The van der Waals surface area contributed by atoms with Gasteiger partial charge < -0.3 is 15.8 Å². The molecule has 0 aliphatic rings. The summed E-state index contributed by atoms with van der Waals surface area (Å²) in [4.78, 5) is 6.56. The van der Waals surface area contributed by atoms with Crippen molar-refractivity contribution in [3.63, 3.8) is 0 Å². The Labute approximate surface area is 115 Å². The first-order valence-electron chi connectivity index (χ1n) is 6.36. The minimum atomic E-state index is -4.60. The Hall–Kier alpha value is -1.57. The lowest BCUT2D eigenvalue weighted by molar-refractivity contribution is -0.144. The number of hydrogen-bond donors (Lipinski definition) is 2. The van der Waals surface area contributed by atoms with Crippen LogP contribution in [0.2, 0.25) is 0 Å². The van der Waals surface area contributed by atoms with Crippen LogP contribution in [-0.4, -0.2) is 29.2 Å². The molecule has 0 spiro atoms. The Balaban J connectivity index is 2.42. The minimum Gasteiger partial charge on any atom is -0.384 e. The Bertz CT molecular complexity index is 424. The summed E-state index contributed by atoms with van der Waals surface area (Å²) in [5, 5.41) is 2.80. The smallest absolute Gasteiger partial charge is 0.384 e. The standard InChI is InChI=1S/C12H19F3N4O/c1-8(2)20-6-4-3-5-17-10-7-9(16)18-11(19-10)12(13,14)15/h7-8H,3-6H2,1-2H3,(H3,16,17,18,19). The lowest BCUT2D eigenvalue weighted by Gasteiger charge is -2.10. The Morgan fingerprint density at radius 3 is 2.60 bits per heavy atom. The van der Waals surface area contributed by atoms with Gasteiger partial charge in [0.05, 0.1) is 6.10 Å². The maximum Gasteiger partial charge on any atom is 0.451 e. The zero-order valence-electron chi connectivity index (χ0n) is 11.5. The first-order valence-corrected chi connectivity index (χ1v) is 6.36. The maximum atomic E-state index is 12.5. The van der Waals surface area contributed by atoms with E-state index in [1.54, 1.807) is 0 Å². The highest BCUT2D eigenvalue weighted by molar-refractivity contribution is 5.44. The molecule has 1 aromatic rings. The third-order valence-electron chi connectivity index (χ3n) is 2.33. The molecule has 0 saturated carbocycles. The molecule has 0 saturated heterocycles. The van der Waals surface area contributed by atoms with Crippen molar-refractivity contribution < 1.29 is 17.9 Å². The molecule has 0 bridgehead atoms. The van der Waals surface area contributed by atoms with Gasteiger partial charge >= 0.3 is 6.18 Å². The van der Waals surface area contributed by atoms with Gasteiger partial charge in [0.1, 0.15) is 11.6 Å². The Kier molecular flexibility index (Phi) is 6.00. The normalized spacial score (nSPS) is 11.9. The van der Waals surface area contributed by atoms with Gasteiger partial charge in [0, 0.05) is 19.2 Å². The maximum absolute atomic E-state index is 12.5. The third-order valence-corrected chi connectivity index (χ3v) is 2.33. The summed E-state index contributed by atoms with van der Waals surface area (Å²) in [6, 6.07) is 1.28. The summed E-state index contributed by atoms with van der Waals surface area (Å²) < 4.78 is 42.8. The number of nitrogens with two attached hydrogens (primary N) is 1. The lowest BCUT2D eigenvalue weighted by atomic mass is 10.3. The summed E-state index contributed by atoms with van der Waals surface area (Å²) in [6.45, 7) is 5.01. The molecular formula is C12H19F3N4O. The van der Waals surface area contributed by atoms with E-state index >= 15 is 0 Å². The van der Waals surface area contributed by atoms with Gasteiger partial charge in [-0.1, -0.05) is 0 Å². The molecule has 1 aromatic heterocycles. The molecule has 0 aliphatic heterocycles. The number of ether oxygens (including phenoxy) is 1. The average molecular weight is 292 g/mol. The van der Waals surface area contributed by atoms with E-state index in [2.05, 4.69) is 15.3 Å². The second-order valence-electron chi connectivity index (χ2n) is 4.55. The molecule has 0 aromatic carbocycles. The van der Waals surface area contributed by atoms with E-state index in [1.807, 2.05) is 13.8 Å². The fourth-order valence-corrected chi connectivity index (χ4v) is 1.45. The van der Waals surface area contributed by atoms with Crippen molar-refractivity contribution in [2.24, 2.45) is 0 Å². The number of unbranched alkanes of at least 4 members (excludes halogenated alkanes) is 1. The lowest BCUT2D eigenvalue weighted by Crippen LogP contribution is -2.15. The SMILES string of the molecule is CC(C)OCCCCNc1cc(N)nc(C(F)(F)F)n1. The predicted octanol–water partition coefficient (Wildman–Crippen LogP) is 2.69. The van der Waals surface area contributed by atoms with Crippen LogP contribution in [0.25, 0.3) is 0 Å². The van der Waals surface area contributed by atoms with Crippen molar-refractivity contribution in [1.29, 1.82) is 0 Å². The van der Waals surface area contributed by atoms with Crippen LogP contribution in [0.15, 0.2) is 6.07 Å². The van der Waals surface area contributed by atoms with Crippen LogP contribution in [0.1, 0.15) is 32.5 Å². The van der Waals surface area contributed by atoms with Crippen LogP contribution in [0.3, 0.4) is 0 Å². The number of nitrogens with zero attached hydrogens (tertiary/aromatic N) is 2. The van der Waals surface area contributed by atoms with Gasteiger partial charge in [-0.3, -0.25) is 0 Å². The zero-order chi connectivity index (χ0) is 15.2. The third kappa shape index (κ3) is 6.05. The predicted molar refractivity (Wildman–Crippen MR) is 70.3 cm³/mol. The van der Waals surface area contributed by atoms with Crippen LogP contribution in [0, 0.1) is 0 Å². The molecule has 1 heterocycles. The molecule has 114 valence electrons. The molecule has 20 heavy (non-hydrogen) atoms. The largest absolute Gasteiger partial charge is 0.451 e. The second kappa shape index (κ2) is 7.28. The van der Waals surface area contributed by atoms with Gasteiger partial charge in [-0.2, -0.15) is 13.2 Å². The minimum absolute atomic E-state index is 0.0783. The number of hydrogen-bond acceptors (Lipinski definition) is 5. The van der Waals surface area contributed by atoms with Crippen LogP contribution in [-0.2, 0) is 10.9 Å².